The van der Waals surface area contributed by atoms with Crippen molar-refractivity contribution >= 4 is 11.6 Å². The van der Waals surface area contributed by atoms with Crippen molar-refractivity contribution in [1.29, 1.82) is 0 Å². The Morgan fingerprint density at radius 2 is 1.83 bits per heavy atom. The molecule has 0 aliphatic heterocycles. The summed E-state index contributed by atoms with van der Waals surface area (Å²) < 4.78 is 5.34. The largest absolute Gasteiger partial charge is 0.481 e. The standard InChI is InChI=1S/C20H23N3O/c1-4-11-24-19-7-5-17(6-8-19)9-10-22-20(21)23-18-13-15(2)12-16(3)14-18/h1,5-8,12-14H,9-11H2,2-3H3,(H3,21,22,23). The molecule has 0 heterocycles. The molecule has 0 radical (unpaired) electrons. The highest BCUT2D eigenvalue weighted by Gasteiger charge is 1.99. The maximum absolute atomic E-state index is 5.95. The van der Waals surface area contributed by atoms with Crippen LogP contribution < -0.4 is 15.8 Å². The fourth-order valence-corrected chi connectivity index (χ4v) is 2.42. The number of benzene rings is 2. The molecule has 0 bridgehead atoms. The van der Waals surface area contributed by atoms with Gasteiger partial charge >= 0.3 is 0 Å². The number of guanidine groups is 1. The zero-order chi connectivity index (χ0) is 17.4. The van der Waals surface area contributed by atoms with Gasteiger partial charge in [0.25, 0.3) is 0 Å². The summed E-state index contributed by atoms with van der Waals surface area (Å²) in [5.41, 5.74) is 10.5. The van der Waals surface area contributed by atoms with Crippen LogP contribution in [-0.2, 0) is 6.42 Å². The van der Waals surface area contributed by atoms with Crippen LogP contribution in [0.4, 0.5) is 5.69 Å². The average Bonchev–Trinajstić information content (AvgIpc) is 2.53. The van der Waals surface area contributed by atoms with Gasteiger partial charge in [0.2, 0.25) is 0 Å². The molecule has 0 aromatic heterocycles. The van der Waals surface area contributed by atoms with E-state index in [-0.39, 0.29) is 6.61 Å². The highest BCUT2D eigenvalue weighted by molar-refractivity contribution is 5.92. The van der Waals surface area contributed by atoms with E-state index in [0.29, 0.717) is 12.5 Å². The predicted molar refractivity (Wildman–Crippen MR) is 101 cm³/mol. The first kappa shape index (κ1) is 17.4. The van der Waals surface area contributed by atoms with E-state index in [2.05, 4.69) is 36.1 Å². The second-order valence-electron chi connectivity index (χ2n) is 5.66. The zero-order valence-electron chi connectivity index (χ0n) is 14.2. The van der Waals surface area contributed by atoms with E-state index in [1.165, 1.54) is 16.7 Å². The average molecular weight is 321 g/mol. The molecule has 0 aliphatic rings. The number of nitrogens with zero attached hydrogens (tertiary/aromatic N) is 1. The summed E-state index contributed by atoms with van der Waals surface area (Å²) in [6.45, 7) is 5.02. The lowest BCUT2D eigenvalue weighted by atomic mass is 10.1. The summed E-state index contributed by atoms with van der Waals surface area (Å²) in [6, 6.07) is 14.1. The Balaban J connectivity index is 1.85. The molecule has 0 saturated heterocycles. The molecule has 4 heteroatoms. The minimum Gasteiger partial charge on any atom is -0.481 e. The van der Waals surface area contributed by atoms with Gasteiger partial charge in [0.15, 0.2) is 5.96 Å². The quantitative estimate of drug-likeness (QED) is 0.488. The van der Waals surface area contributed by atoms with E-state index in [0.717, 1.165) is 17.9 Å². The SMILES string of the molecule is C#CCOc1ccc(CCN=C(N)Nc2cc(C)cc(C)c2)cc1. The number of ether oxygens (including phenoxy) is 1. The first-order valence-corrected chi connectivity index (χ1v) is 7.87. The molecule has 0 unspecified atom stereocenters. The van der Waals surface area contributed by atoms with Crippen LogP contribution in [0, 0.1) is 26.2 Å². The molecule has 0 fully saturated rings. The Hall–Kier alpha value is -2.93. The number of rotatable bonds is 6. The minimum absolute atomic E-state index is 0.282. The van der Waals surface area contributed by atoms with Crippen molar-refractivity contribution in [3.05, 3.63) is 59.2 Å². The third kappa shape index (κ3) is 5.69. The van der Waals surface area contributed by atoms with Gasteiger partial charge in [-0.15, -0.1) is 6.42 Å². The molecule has 2 aromatic rings. The van der Waals surface area contributed by atoms with Crippen molar-refractivity contribution in [2.24, 2.45) is 10.7 Å². The third-order valence-electron chi connectivity index (χ3n) is 3.42. The van der Waals surface area contributed by atoms with E-state index < -0.39 is 0 Å². The summed E-state index contributed by atoms with van der Waals surface area (Å²) in [5, 5.41) is 3.13. The van der Waals surface area contributed by atoms with E-state index in [9.17, 15) is 0 Å². The normalized spacial score (nSPS) is 11.0. The maximum atomic E-state index is 5.95. The van der Waals surface area contributed by atoms with Crippen LogP contribution in [-0.4, -0.2) is 19.1 Å². The number of nitrogens with two attached hydrogens (primary N) is 1. The van der Waals surface area contributed by atoms with Crippen LogP contribution in [0.2, 0.25) is 0 Å². The fourth-order valence-electron chi connectivity index (χ4n) is 2.42. The van der Waals surface area contributed by atoms with E-state index >= 15 is 0 Å². The molecular weight excluding hydrogens is 298 g/mol. The molecule has 0 atom stereocenters. The summed E-state index contributed by atoms with van der Waals surface area (Å²) in [6.07, 6.45) is 5.97. The highest BCUT2D eigenvalue weighted by atomic mass is 16.5. The second kappa shape index (κ2) is 8.64. The number of anilines is 1. The molecule has 0 amide bonds. The van der Waals surface area contributed by atoms with Crippen molar-refractivity contribution in [1.82, 2.24) is 0 Å². The first-order valence-electron chi connectivity index (χ1n) is 7.87. The van der Waals surface area contributed by atoms with E-state index in [1.807, 2.05) is 36.4 Å². The van der Waals surface area contributed by atoms with Crippen LogP contribution in [0.3, 0.4) is 0 Å². The van der Waals surface area contributed by atoms with Crippen molar-refractivity contribution < 1.29 is 4.74 Å². The van der Waals surface area contributed by atoms with Crippen LogP contribution in [0.5, 0.6) is 5.75 Å². The molecule has 0 saturated carbocycles. The lowest BCUT2D eigenvalue weighted by Gasteiger charge is -2.08. The molecule has 3 N–H and O–H groups in total. The molecule has 24 heavy (non-hydrogen) atoms. The highest BCUT2D eigenvalue weighted by Crippen LogP contribution is 2.14. The smallest absolute Gasteiger partial charge is 0.193 e. The summed E-state index contributed by atoms with van der Waals surface area (Å²) in [4.78, 5) is 4.37. The van der Waals surface area contributed by atoms with Crippen molar-refractivity contribution in [3.63, 3.8) is 0 Å². The number of aryl methyl sites for hydroxylation is 2. The van der Waals surface area contributed by atoms with E-state index in [1.54, 1.807) is 0 Å². The van der Waals surface area contributed by atoms with Crippen molar-refractivity contribution in [2.75, 3.05) is 18.5 Å². The van der Waals surface area contributed by atoms with Crippen molar-refractivity contribution in [3.8, 4) is 18.1 Å². The summed E-state index contributed by atoms with van der Waals surface area (Å²) >= 11 is 0. The van der Waals surface area contributed by atoms with Gasteiger partial charge in [-0.1, -0.05) is 24.1 Å². The second-order valence-corrected chi connectivity index (χ2v) is 5.66. The lowest BCUT2D eigenvalue weighted by Crippen LogP contribution is -2.23. The van der Waals surface area contributed by atoms with Crippen LogP contribution in [0.1, 0.15) is 16.7 Å². The van der Waals surface area contributed by atoms with Crippen LogP contribution in [0.25, 0.3) is 0 Å². The monoisotopic (exact) mass is 321 g/mol. The van der Waals surface area contributed by atoms with Gasteiger partial charge in [-0.3, -0.25) is 4.99 Å². The maximum Gasteiger partial charge on any atom is 0.193 e. The van der Waals surface area contributed by atoms with Gasteiger partial charge in [-0.2, -0.15) is 0 Å². The minimum atomic E-state index is 0.282. The van der Waals surface area contributed by atoms with Gasteiger partial charge in [0, 0.05) is 12.2 Å². The molecule has 0 spiro atoms. The molecule has 0 aliphatic carbocycles. The number of aliphatic imine (C=N–C) groups is 1. The Morgan fingerprint density at radius 1 is 1.17 bits per heavy atom. The van der Waals surface area contributed by atoms with Crippen LogP contribution >= 0.6 is 0 Å². The zero-order valence-corrected chi connectivity index (χ0v) is 14.2. The number of nitrogens with one attached hydrogen (secondary N) is 1. The Kier molecular flexibility index (Phi) is 6.27. The summed E-state index contributed by atoms with van der Waals surface area (Å²) in [5.74, 6) is 3.64. The summed E-state index contributed by atoms with van der Waals surface area (Å²) in [7, 11) is 0. The Morgan fingerprint density at radius 3 is 2.46 bits per heavy atom. The first-order chi connectivity index (χ1) is 11.6. The Labute approximate surface area is 143 Å². The van der Waals surface area contributed by atoms with Crippen LogP contribution in [0.15, 0.2) is 47.5 Å². The lowest BCUT2D eigenvalue weighted by molar-refractivity contribution is 0.370. The molecule has 124 valence electrons. The Bertz CT molecular complexity index is 722. The molecule has 2 aromatic carbocycles. The van der Waals surface area contributed by atoms with Gasteiger partial charge < -0.3 is 15.8 Å². The fraction of sp³-hybridized carbons (Fsp3) is 0.250. The van der Waals surface area contributed by atoms with Gasteiger partial charge in [-0.25, -0.2) is 0 Å². The predicted octanol–water partition coefficient (Wildman–Crippen LogP) is 3.28. The number of hydrogen-bond acceptors (Lipinski definition) is 2. The van der Waals surface area contributed by atoms with Gasteiger partial charge in [0.1, 0.15) is 12.4 Å². The number of hydrogen-bond donors (Lipinski definition) is 2. The van der Waals surface area contributed by atoms with E-state index in [4.69, 9.17) is 16.9 Å². The third-order valence-corrected chi connectivity index (χ3v) is 3.42. The number of terminal acetylenes is 1. The molecular formula is C20H23N3O. The van der Waals surface area contributed by atoms with Crippen molar-refractivity contribution in [2.45, 2.75) is 20.3 Å². The van der Waals surface area contributed by atoms with Gasteiger partial charge in [-0.05, 0) is 61.2 Å². The molecule has 4 nitrogen and oxygen atoms in total. The topological polar surface area (TPSA) is 59.6 Å². The van der Waals surface area contributed by atoms with Gasteiger partial charge in [0.05, 0.1) is 0 Å². The molecule has 2 rings (SSSR count).